The summed E-state index contributed by atoms with van der Waals surface area (Å²) in [6.07, 6.45) is 8.13. The highest BCUT2D eigenvalue weighted by atomic mass is 16.3. The first-order valence-corrected chi connectivity index (χ1v) is 11.8. The maximum Gasteiger partial charge on any atom is 0.125 e. The minimum atomic E-state index is -1.19. The highest BCUT2D eigenvalue weighted by Crippen LogP contribution is 2.43. The van der Waals surface area contributed by atoms with E-state index in [0.29, 0.717) is 11.8 Å². The Morgan fingerprint density at radius 3 is 1.76 bits per heavy atom. The molecular formula is C31H33NO. The molecule has 3 aromatic carbocycles. The Morgan fingerprint density at radius 2 is 1.27 bits per heavy atom. The lowest BCUT2D eigenvalue weighted by molar-refractivity contribution is 0.0529. The summed E-state index contributed by atoms with van der Waals surface area (Å²) in [6, 6.07) is 26.4. The molecule has 1 aliphatic carbocycles. The van der Waals surface area contributed by atoms with Crippen molar-refractivity contribution in [3.05, 3.63) is 125 Å². The van der Waals surface area contributed by atoms with E-state index in [2.05, 4.69) is 58.0 Å². The molecule has 0 bridgehead atoms. The van der Waals surface area contributed by atoms with Gasteiger partial charge >= 0.3 is 0 Å². The predicted octanol–water partition coefficient (Wildman–Crippen LogP) is 7.68. The average molecular weight is 436 g/mol. The number of allylic oxidation sites excluding steroid dienone is 2. The third-order valence-electron chi connectivity index (χ3n) is 6.51. The van der Waals surface area contributed by atoms with Gasteiger partial charge in [-0.15, -0.1) is 0 Å². The van der Waals surface area contributed by atoms with E-state index >= 15 is 0 Å². The van der Waals surface area contributed by atoms with Crippen molar-refractivity contribution >= 4 is 11.9 Å². The number of hydrogen-bond donors (Lipinski definition) is 1. The number of rotatable bonds is 7. The van der Waals surface area contributed by atoms with Crippen molar-refractivity contribution in [2.45, 2.75) is 45.1 Å². The summed E-state index contributed by atoms with van der Waals surface area (Å²) >= 11 is 0. The molecule has 2 nitrogen and oxygen atoms in total. The summed E-state index contributed by atoms with van der Waals surface area (Å²) in [5.41, 5.74) is 5.11. The van der Waals surface area contributed by atoms with Crippen LogP contribution in [0.15, 0.2) is 108 Å². The molecule has 0 amide bonds. The van der Waals surface area contributed by atoms with E-state index in [9.17, 15) is 5.11 Å². The minimum Gasteiger partial charge on any atom is -0.379 e. The summed E-state index contributed by atoms with van der Waals surface area (Å²) in [5.74, 6) is 0.528. The van der Waals surface area contributed by atoms with Crippen LogP contribution in [0.25, 0.3) is 0 Å². The van der Waals surface area contributed by atoms with E-state index in [0.717, 1.165) is 22.4 Å². The second kappa shape index (κ2) is 9.72. The van der Waals surface area contributed by atoms with Crippen LogP contribution in [-0.4, -0.2) is 11.3 Å². The summed E-state index contributed by atoms with van der Waals surface area (Å²) in [4.78, 5) is 5.04. The normalized spacial score (nSPS) is 16.2. The fourth-order valence-corrected chi connectivity index (χ4v) is 4.71. The first kappa shape index (κ1) is 22.9. The van der Waals surface area contributed by atoms with Crippen molar-refractivity contribution in [2.24, 2.45) is 10.9 Å². The van der Waals surface area contributed by atoms with Gasteiger partial charge in [-0.2, -0.15) is 0 Å². The number of hydrogen-bond acceptors (Lipinski definition) is 2. The zero-order chi connectivity index (χ0) is 23.4. The van der Waals surface area contributed by atoms with Crippen molar-refractivity contribution in [1.29, 1.82) is 0 Å². The van der Waals surface area contributed by atoms with Crippen molar-refractivity contribution in [3.63, 3.8) is 0 Å². The molecule has 0 radical (unpaired) electrons. The summed E-state index contributed by atoms with van der Waals surface area (Å²) in [6.45, 7) is 8.84. The van der Waals surface area contributed by atoms with Gasteiger partial charge in [-0.1, -0.05) is 125 Å². The second-order valence-corrected chi connectivity index (χ2v) is 9.38. The molecule has 1 N–H and O–H groups in total. The van der Waals surface area contributed by atoms with Crippen LogP contribution in [-0.2, 0) is 5.60 Å². The van der Waals surface area contributed by atoms with E-state index in [1.807, 2.05) is 73.0 Å². The number of aliphatic imine (C=N–C) groups is 1. The van der Waals surface area contributed by atoms with Crippen molar-refractivity contribution in [3.8, 4) is 0 Å². The van der Waals surface area contributed by atoms with Gasteiger partial charge in [0.05, 0.1) is 5.69 Å². The van der Waals surface area contributed by atoms with Gasteiger partial charge in [0, 0.05) is 12.1 Å². The van der Waals surface area contributed by atoms with Crippen LogP contribution < -0.4 is 0 Å². The third-order valence-corrected chi connectivity index (χ3v) is 6.51. The standard InChI is InChI=1S/C31H33NO/c1-22(2)27-18-12-19-28(23(3)4)30(27)32-21-24-13-11-20-29(24)31(33,25-14-7-5-8-15-25)26-16-9-6-10-17-26/h5-23,29,33H,1-4H3. The van der Waals surface area contributed by atoms with Crippen molar-refractivity contribution in [1.82, 2.24) is 0 Å². The van der Waals surface area contributed by atoms with Crippen LogP contribution >= 0.6 is 0 Å². The van der Waals surface area contributed by atoms with Gasteiger partial charge in [0.2, 0.25) is 0 Å². The van der Waals surface area contributed by atoms with Crippen LogP contribution in [0.3, 0.4) is 0 Å². The Labute approximate surface area is 198 Å². The SMILES string of the molecule is CC(C)c1cccc(C(C)C)c1N=CC1=CC=CC1C(O)(c1ccccc1)c1ccccc1. The zero-order valence-electron chi connectivity index (χ0n) is 19.9. The van der Waals surface area contributed by atoms with E-state index < -0.39 is 5.60 Å². The largest absolute Gasteiger partial charge is 0.379 e. The lowest BCUT2D eigenvalue weighted by Gasteiger charge is -2.35. The molecule has 0 fully saturated rings. The van der Waals surface area contributed by atoms with Crippen LogP contribution in [0.4, 0.5) is 5.69 Å². The van der Waals surface area contributed by atoms with Crippen LogP contribution in [0.1, 0.15) is 61.8 Å². The fourth-order valence-electron chi connectivity index (χ4n) is 4.71. The quantitative estimate of drug-likeness (QED) is 0.379. The predicted molar refractivity (Wildman–Crippen MR) is 139 cm³/mol. The second-order valence-electron chi connectivity index (χ2n) is 9.38. The summed E-state index contributed by atoms with van der Waals surface area (Å²) in [7, 11) is 0. The van der Waals surface area contributed by atoms with E-state index in [1.165, 1.54) is 11.1 Å². The van der Waals surface area contributed by atoms with E-state index in [4.69, 9.17) is 4.99 Å². The van der Waals surface area contributed by atoms with Gasteiger partial charge in [0.1, 0.15) is 5.60 Å². The highest BCUT2D eigenvalue weighted by molar-refractivity contribution is 5.85. The van der Waals surface area contributed by atoms with Crippen LogP contribution in [0.2, 0.25) is 0 Å². The van der Waals surface area contributed by atoms with E-state index in [-0.39, 0.29) is 5.92 Å². The summed E-state index contributed by atoms with van der Waals surface area (Å²) in [5, 5.41) is 12.3. The molecule has 0 spiro atoms. The monoisotopic (exact) mass is 435 g/mol. The smallest absolute Gasteiger partial charge is 0.125 e. The van der Waals surface area contributed by atoms with Gasteiger partial charge in [0.15, 0.2) is 0 Å². The van der Waals surface area contributed by atoms with Gasteiger partial charge in [-0.25, -0.2) is 0 Å². The average Bonchev–Trinajstić information content (AvgIpc) is 3.32. The van der Waals surface area contributed by atoms with Gasteiger partial charge in [0.25, 0.3) is 0 Å². The van der Waals surface area contributed by atoms with Gasteiger partial charge in [-0.05, 0) is 39.7 Å². The molecule has 33 heavy (non-hydrogen) atoms. The number of benzene rings is 3. The first-order valence-electron chi connectivity index (χ1n) is 11.8. The molecule has 0 aromatic heterocycles. The summed E-state index contributed by atoms with van der Waals surface area (Å²) < 4.78 is 0. The Morgan fingerprint density at radius 1 is 0.758 bits per heavy atom. The molecule has 168 valence electrons. The first-order chi connectivity index (χ1) is 15.9. The third kappa shape index (κ3) is 4.49. The van der Waals surface area contributed by atoms with E-state index in [1.54, 1.807) is 0 Å². The lowest BCUT2D eigenvalue weighted by Crippen LogP contribution is -2.36. The lowest BCUT2D eigenvalue weighted by atomic mass is 9.74. The fraction of sp³-hybridized carbons (Fsp3) is 0.258. The molecule has 4 rings (SSSR count). The maximum absolute atomic E-state index is 12.3. The molecule has 1 unspecified atom stereocenters. The van der Waals surface area contributed by atoms with Crippen LogP contribution in [0.5, 0.6) is 0 Å². The van der Waals surface area contributed by atoms with Gasteiger partial charge in [-0.3, -0.25) is 4.99 Å². The maximum atomic E-state index is 12.3. The minimum absolute atomic E-state index is 0.236. The Balaban J connectivity index is 1.78. The molecular weight excluding hydrogens is 402 g/mol. The molecule has 3 aromatic rings. The Bertz CT molecular complexity index is 1100. The molecule has 0 saturated carbocycles. The Hall–Kier alpha value is -3.23. The number of aliphatic hydroxyl groups is 1. The van der Waals surface area contributed by atoms with Gasteiger partial charge < -0.3 is 5.11 Å². The zero-order valence-corrected chi connectivity index (χ0v) is 19.9. The topological polar surface area (TPSA) is 32.6 Å². The molecule has 1 atom stereocenters. The van der Waals surface area contributed by atoms with Crippen molar-refractivity contribution in [2.75, 3.05) is 0 Å². The molecule has 2 heteroatoms. The number of nitrogens with zero attached hydrogens (tertiary/aromatic N) is 1. The molecule has 0 heterocycles. The van der Waals surface area contributed by atoms with Crippen molar-refractivity contribution < 1.29 is 5.11 Å². The Kier molecular flexibility index (Phi) is 6.76. The molecule has 1 aliphatic rings. The number of para-hydroxylation sites is 1. The highest BCUT2D eigenvalue weighted by Gasteiger charge is 2.41. The molecule has 0 saturated heterocycles. The van der Waals surface area contributed by atoms with Crippen LogP contribution in [0, 0.1) is 5.92 Å². The molecule has 0 aliphatic heterocycles.